The fraction of sp³-hybridized carbons (Fsp3) is 0.412. The molecule has 0 amide bonds. The van der Waals surface area contributed by atoms with Gasteiger partial charge in [0.2, 0.25) is 0 Å². The molecule has 0 saturated carbocycles. The van der Waals surface area contributed by atoms with Crippen molar-refractivity contribution in [3.63, 3.8) is 0 Å². The number of halogens is 1. The Bertz CT molecular complexity index is 633. The third-order valence-corrected chi connectivity index (χ3v) is 3.12. The molecule has 4 heteroatoms. The molecule has 2 aromatic rings. The number of ether oxygens (including phenoxy) is 1. The summed E-state index contributed by atoms with van der Waals surface area (Å²) in [5.74, 6) is 1.44. The van der Waals surface area contributed by atoms with Gasteiger partial charge in [0.15, 0.2) is 5.82 Å². The second-order valence-corrected chi connectivity index (χ2v) is 6.73. The number of nitrogens with zero attached hydrogens (tertiary/aromatic N) is 2. The highest BCUT2D eigenvalue weighted by Crippen LogP contribution is 2.27. The number of benzene rings is 1. The Morgan fingerprint density at radius 3 is 2.43 bits per heavy atom. The number of hydrogen-bond donors (Lipinski definition) is 0. The minimum Gasteiger partial charge on any atom is -0.491 e. The van der Waals surface area contributed by atoms with E-state index >= 15 is 0 Å². The molecule has 0 N–H and O–H groups in total. The van der Waals surface area contributed by atoms with Gasteiger partial charge in [-0.2, -0.15) is 0 Å². The summed E-state index contributed by atoms with van der Waals surface area (Å²) in [6.07, 6.45) is 0.130. The summed E-state index contributed by atoms with van der Waals surface area (Å²) >= 11 is 6.15. The fourth-order valence-corrected chi connectivity index (χ4v) is 2.10. The van der Waals surface area contributed by atoms with Crippen LogP contribution >= 0.6 is 11.6 Å². The fourth-order valence-electron chi connectivity index (χ4n) is 1.91. The van der Waals surface area contributed by atoms with Crippen LogP contribution in [0.15, 0.2) is 30.3 Å². The zero-order valence-electron chi connectivity index (χ0n) is 13.1. The van der Waals surface area contributed by atoms with E-state index in [-0.39, 0.29) is 11.5 Å². The second kappa shape index (κ2) is 6.02. The Balaban J connectivity index is 2.44. The lowest BCUT2D eigenvalue weighted by atomic mass is 9.92. The Labute approximate surface area is 131 Å². The molecular weight excluding hydrogens is 284 g/mol. The topological polar surface area (TPSA) is 35.0 Å². The van der Waals surface area contributed by atoms with Crippen molar-refractivity contribution in [1.29, 1.82) is 0 Å². The van der Waals surface area contributed by atoms with E-state index in [1.54, 1.807) is 0 Å². The van der Waals surface area contributed by atoms with Crippen molar-refractivity contribution < 1.29 is 4.74 Å². The first-order valence-electron chi connectivity index (χ1n) is 7.08. The van der Waals surface area contributed by atoms with Gasteiger partial charge in [0.1, 0.15) is 10.9 Å². The maximum Gasteiger partial charge on any atom is 0.161 e. The molecule has 1 heterocycles. The molecule has 0 bridgehead atoms. The maximum absolute atomic E-state index is 6.15. The van der Waals surface area contributed by atoms with Crippen LogP contribution in [0.1, 0.15) is 40.3 Å². The molecule has 1 aromatic carbocycles. The third-order valence-electron chi connectivity index (χ3n) is 2.93. The van der Waals surface area contributed by atoms with Gasteiger partial charge >= 0.3 is 0 Å². The van der Waals surface area contributed by atoms with Crippen molar-refractivity contribution in [1.82, 2.24) is 9.97 Å². The van der Waals surface area contributed by atoms with Gasteiger partial charge in [-0.3, -0.25) is 0 Å². The predicted molar refractivity (Wildman–Crippen MR) is 86.9 cm³/mol. The third kappa shape index (κ3) is 4.18. The smallest absolute Gasteiger partial charge is 0.161 e. The predicted octanol–water partition coefficient (Wildman–Crippen LogP) is 4.88. The minimum atomic E-state index is -0.0760. The van der Waals surface area contributed by atoms with E-state index in [1.807, 2.05) is 44.2 Å². The van der Waals surface area contributed by atoms with Gasteiger partial charge in [-0.1, -0.05) is 44.5 Å². The van der Waals surface area contributed by atoms with E-state index in [1.165, 1.54) is 0 Å². The van der Waals surface area contributed by atoms with Gasteiger partial charge in [0, 0.05) is 11.0 Å². The van der Waals surface area contributed by atoms with Gasteiger partial charge < -0.3 is 4.74 Å². The normalized spacial score (nSPS) is 11.8. The Morgan fingerprint density at radius 2 is 1.81 bits per heavy atom. The number of rotatable bonds is 3. The van der Waals surface area contributed by atoms with Crippen molar-refractivity contribution in [2.45, 2.75) is 46.1 Å². The van der Waals surface area contributed by atoms with Crippen LogP contribution < -0.4 is 4.74 Å². The molecule has 0 fully saturated rings. The largest absolute Gasteiger partial charge is 0.491 e. The monoisotopic (exact) mass is 304 g/mol. The van der Waals surface area contributed by atoms with E-state index in [4.69, 9.17) is 16.3 Å². The zero-order chi connectivity index (χ0) is 15.6. The van der Waals surface area contributed by atoms with E-state index in [0.717, 1.165) is 17.0 Å². The summed E-state index contributed by atoms with van der Waals surface area (Å²) in [5.41, 5.74) is 1.75. The lowest BCUT2D eigenvalue weighted by Crippen LogP contribution is -2.14. The lowest BCUT2D eigenvalue weighted by molar-refractivity contribution is 0.242. The van der Waals surface area contributed by atoms with E-state index in [2.05, 4.69) is 30.7 Å². The zero-order valence-corrected chi connectivity index (χ0v) is 13.9. The summed E-state index contributed by atoms with van der Waals surface area (Å²) in [6.45, 7) is 10.3. The summed E-state index contributed by atoms with van der Waals surface area (Å²) < 4.78 is 5.72. The van der Waals surface area contributed by atoms with Crippen LogP contribution in [0.3, 0.4) is 0 Å². The first kappa shape index (κ1) is 15.8. The number of aromatic nitrogens is 2. The maximum atomic E-state index is 6.15. The molecule has 0 saturated heterocycles. The highest BCUT2D eigenvalue weighted by Gasteiger charge is 2.18. The van der Waals surface area contributed by atoms with E-state index < -0.39 is 0 Å². The molecule has 0 aliphatic carbocycles. The Hall–Kier alpha value is -1.61. The summed E-state index contributed by atoms with van der Waals surface area (Å²) in [5, 5.41) is 0.458. The highest BCUT2D eigenvalue weighted by atomic mass is 35.5. The summed E-state index contributed by atoms with van der Waals surface area (Å²) in [7, 11) is 0. The van der Waals surface area contributed by atoms with Gasteiger partial charge in [-0.05, 0) is 32.0 Å². The second-order valence-electron chi connectivity index (χ2n) is 6.34. The highest BCUT2D eigenvalue weighted by molar-refractivity contribution is 6.29. The SMILES string of the molecule is CC(C)Oc1cccc(-c2nc(Cl)cc(C(C)(C)C)n2)c1. The molecular formula is C17H21ClN2O. The van der Waals surface area contributed by atoms with Crippen LogP contribution in [0.25, 0.3) is 11.4 Å². The van der Waals surface area contributed by atoms with Gasteiger partial charge in [0.25, 0.3) is 0 Å². The quantitative estimate of drug-likeness (QED) is 0.758. The molecule has 1 aromatic heterocycles. The van der Waals surface area contributed by atoms with E-state index in [9.17, 15) is 0 Å². The molecule has 0 aliphatic rings. The number of hydrogen-bond acceptors (Lipinski definition) is 3. The van der Waals surface area contributed by atoms with E-state index in [0.29, 0.717) is 11.0 Å². The average molecular weight is 305 g/mol. The van der Waals surface area contributed by atoms with Gasteiger partial charge in [-0.15, -0.1) is 0 Å². The molecule has 21 heavy (non-hydrogen) atoms. The van der Waals surface area contributed by atoms with Gasteiger partial charge in [0.05, 0.1) is 11.8 Å². The van der Waals surface area contributed by atoms with Crippen LogP contribution in [-0.2, 0) is 5.41 Å². The van der Waals surface area contributed by atoms with Crippen LogP contribution in [0, 0.1) is 0 Å². The van der Waals surface area contributed by atoms with Crippen molar-refractivity contribution in [3.8, 4) is 17.1 Å². The van der Waals surface area contributed by atoms with Crippen molar-refractivity contribution in [3.05, 3.63) is 41.2 Å². The van der Waals surface area contributed by atoms with Crippen molar-refractivity contribution >= 4 is 11.6 Å². The first-order chi connectivity index (χ1) is 9.75. The van der Waals surface area contributed by atoms with Crippen molar-refractivity contribution in [2.24, 2.45) is 0 Å². The van der Waals surface area contributed by atoms with Crippen LogP contribution in [0.4, 0.5) is 0 Å². The average Bonchev–Trinajstić information content (AvgIpc) is 2.36. The molecule has 0 spiro atoms. The standard InChI is InChI=1S/C17H21ClN2O/c1-11(2)21-13-8-6-7-12(9-13)16-19-14(17(3,4)5)10-15(18)20-16/h6-11H,1-5H3. The molecule has 112 valence electrons. The molecule has 0 aliphatic heterocycles. The molecule has 0 radical (unpaired) electrons. The van der Waals surface area contributed by atoms with Crippen LogP contribution in [-0.4, -0.2) is 16.1 Å². The summed E-state index contributed by atoms with van der Waals surface area (Å²) in [6, 6.07) is 9.59. The lowest BCUT2D eigenvalue weighted by Gasteiger charge is -2.18. The molecule has 2 rings (SSSR count). The molecule has 3 nitrogen and oxygen atoms in total. The van der Waals surface area contributed by atoms with Crippen LogP contribution in [0.2, 0.25) is 5.15 Å². The minimum absolute atomic E-state index is 0.0760. The Morgan fingerprint density at radius 1 is 1.10 bits per heavy atom. The molecule has 0 atom stereocenters. The summed E-state index contributed by atoms with van der Waals surface area (Å²) in [4.78, 5) is 8.98. The van der Waals surface area contributed by atoms with Gasteiger partial charge in [-0.25, -0.2) is 9.97 Å². The first-order valence-corrected chi connectivity index (χ1v) is 7.45. The van der Waals surface area contributed by atoms with Crippen molar-refractivity contribution in [2.75, 3.05) is 0 Å². The molecule has 0 unspecified atom stereocenters. The van der Waals surface area contributed by atoms with Crippen LogP contribution in [0.5, 0.6) is 5.75 Å². The Kier molecular flexibility index (Phi) is 4.52.